The third-order valence-electron chi connectivity index (χ3n) is 9.78. The molecule has 212 valence electrons. The van der Waals surface area contributed by atoms with Gasteiger partial charge in [-0.25, -0.2) is 4.39 Å². The van der Waals surface area contributed by atoms with Crippen molar-refractivity contribution in [1.29, 1.82) is 0 Å². The van der Waals surface area contributed by atoms with Crippen LogP contribution < -0.4 is 0 Å². The largest absolute Gasteiger partial charge is 0.450 e. The number of esters is 1. The van der Waals surface area contributed by atoms with Gasteiger partial charge in [0, 0.05) is 28.4 Å². The molecule has 0 amide bonds. The summed E-state index contributed by atoms with van der Waals surface area (Å²) in [7, 11) is -3.97. The Kier molecular flexibility index (Phi) is 7.60. The van der Waals surface area contributed by atoms with Crippen LogP contribution in [-0.2, 0) is 33.4 Å². The second-order valence-electron chi connectivity index (χ2n) is 11.7. The number of halogens is 1. The van der Waals surface area contributed by atoms with Crippen molar-refractivity contribution >= 4 is 39.4 Å². The monoisotopic (exact) mass is 572 g/mol. The summed E-state index contributed by atoms with van der Waals surface area (Å²) in [6, 6.07) is 0. The molecule has 3 saturated carbocycles. The number of alkyl halides is 1. The van der Waals surface area contributed by atoms with Crippen molar-refractivity contribution in [2.24, 2.45) is 28.6 Å². The van der Waals surface area contributed by atoms with Crippen LogP contribution in [0.2, 0.25) is 0 Å². The first kappa shape index (κ1) is 29.4. The number of ether oxygens (including phenoxy) is 1. The van der Waals surface area contributed by atoms with Gasteiger partial charge in [0.25, 0.3) is 10.1 Å². The Balaban J connectivity index is 1.80. The molecule has 4 aliphatic carbocycles. The van der Waals surface area contributed by atoms with Crippen LogP contribution in [0, 0.1) is 28.6 Å². The first-order valence-corrected chi connectivity index (χ1v) is 16.2. The van der Waals surface area contributed by atoms with E-state index < -0.39 is 74.4 Å². The van der Waals surface area contributed by atoms with Crippen LogP contribution in [0.15, 0.2) is 23.8 Å². The zero-order chi connectivity index (χ0) is 28.3. The Morgan fingerprint density at radius 3 is 2.58 bits per heavy atom. The second kappa shape index (κ2) is 9.82. The third-order valence-corrected chi connectivity index (χ3v) is 10.9. The summed E-state index contributed by atoms with van der Waals surface area (Å²) < 4.78 is 51.8. The van der Waals surface area contributed by atoms with E-state index >= 15 is 4.39 Å². The van der Waals surface area contributed by atoms with Gasteiger partial charge in [0.1, 0.15) is 6.61 Å². The molecule has 1 N–H and O–H groups in total. The molecule has 0 aliphatic heterocycles. The molecule has 3 fully saturated rings. The van der Waals surface area contributed by atoms with Crippen molar-refractivity contribution in [2.75, 3.05) is 24.9 Å². The number of aliphatic hydroxyl groups excluding tert-OH is 1. The third kappa shape index (κ3) is 4.23. The van der Waals surface area contributed by atoms with Gasteiger partial charge in [-0.2, -0.15) is 20.2 Å². The van der Waals surface area contributed by atoms with Crippen molar-refractivity contribution in [1.82, 2.24) is 0 Å². The zero-order valence-electron chi connectivity index (χ0n) is 22.5. The van der Waals surface area contributed by atoms with Gasteiger partial charge in [-0.15, -0.1) is 0 Å². The van der Waals surface area contributed by atoms with Crippen LogP contribution >= 0.6 is 11.8 Å². The van der Waals surface area contributed by atoms with Crippen LogP contribution in [0.3, 0.4) is 0 Å². The standard InChI is InChI=1S/C27H37FO8S2/c1-16-12-20-19-7-6-17-13-18(29)8-10-24(17,2)26(19,28)21(30)14-25(20,3)27(16,36-23(32)9-11-37-4)22(31)15-35-38(5,33)34/h8,10,13,16,19-21,30H,6-7,9,11-12,14-15H2,1-5H3/t16-,19+,20+,21+,24+,25+,26+,27+/m1/s1. The average molecular weight is 573 g/mol. The zero-order valence-corrected chi connectivity index (χ0v) is 24.1. The van der Waals surface area contributed by atoms with E-state index in [1.165, 1.54) is 23.9 Å². The number of hydrogen-bond acceptors (Lipinski definition) is 9. The lowest BCUT2D eigenvalue weighted by molar-refractivity contribution is -0.228. The smallest absolute Gasteiger partial charge is 0.307 e. The van der Waals surface area contributed by atoms with Gasteiger partial charge in [0.2, 0.25) is 5.78 Å². The first-order chi connectivity index (χ1) is 17.6. The van der Waals surface area contributed by atoms with Gasteiger partial charge >= 0.3 is 5.97 Å². The fourth-order valence-electron chi connectivity index (χ4n) is 8.08. The van der Waals surface area contributed by atoms with Crippen LogP contribution in [0.4, 0.5) is 4.39 Å². The molecule has 0 aromatic carbocycles. The van der Waals surface area contributed by atoms with Crippen LogP contribution in [-0.4, -0.2) is 73.3 Å². The lowest BCUT2D eigenvalue weighted by atomic mass is 9.44. The Labute approximate surface area is 227 Å². The number of ketones is 2. The molecule has 0 bridgehead atoms. The number of fused-ring (bicyclic) bond motifs is 5. The number of hydrogen-bond donors (Lipinski definition) is 1. The number of Topliss-reactive ketones (excluding diaryl/α,β-unsaturated/α-hetero) is 1. The van der Waals surface area contributed by atoms with E-state index in [0.29, 0.717) is 30.6 Å². The molecule has 4 aliphatic rings. The molecule has 38 heavy (non-hydrogen) atoms. The normalized spacial score (nSPS) is 42.1. The number of allylic oxidation sites excluding steroid dienone is 4. The number of carbonyl (C=O) groups is 3. The molecular formula is C27H37FO8S2. The van der Waals surface area contributed by atoms with Crippen LogP contribution in [0.5, 0.6) is 0 Å². The number of rotatable bonds is 8. The molecule has 0 aromatic rings. The predicted molar refractivity (Wildman–Crippen MR) is 141 cm³/mol. The molecule has 0 aromatic heterocycles. The van der Waals surface area contributed by atoms with E-state index in [2.05, 4.69) is 0 Å². The summed E-state index contributed by atoms with van der Waals surface area (Å²) in [5.74, 6) is -2.77. The highest BCUT2D eigenvalue weighted by Crippen LogP contribution is 2.71. The van der Waals surface area contributed by atoms with Gasteiger partial charge < -0.3 is 9.84 Å². The average Bonchev–Trinajstić information content (AvgIpc) is 3.04. The maximum absolute atomic E-state index is 17.4. The molecule has 0 spiro atoms. The molecule has 0 heterocycles. The van der Waals surface area contributed by atoms with E-state index in [4.69, 9.17) is 8.92 Å². The quantitative estimate of drug-likeness (QED) is 0.345. The highest BCUT2D eigenvalue weighted by atomic mass is 32.2. The maximum Gasteiger partial charge on any atom is 0.307 e. The lowest BCUT2D eigenvalue weighted by Crippen LogP contribution is -2.70. The molecular weight excluding hydrogens is 535 g/mol. The summed E-state index contributed by atoms with van der Waals surface area (Å²) >= 11 is 1.44. The van der Waals surface area contributed by atoms with E-state index in [-0.39, 0.29) is 18.6 Å². The van der Waals surface area contributed by atoms with Crippen molar-refractivity contribution in [3.05, 3.63) is 23.8 Å². The molecule has 8 atom stereocenters. The molecule has 0 saturated heterocycles. The first-order valence-electron chi connectivity index (χ1n) is 13.0. The predicted octanol–water partition coefficient (Wildman–Crippen LogP) is 3.18. The summed E-state index contributed by atoms with van der Waals surface area (Å²) in [6.07, 6.45) is 6.52. The second-order valence-corrected chi connectivity index (χ2v) is 14.4. The van der Waals surface area contributed by atoms with Crippen LogP contribution in [0.1, 0.15) is 52.9 Å². The van der Waals surface area contributed by atoms with Gasteiger partial charge in [-0.1, -0.05) is 25.5 Å². The SMILES string of the molecule is CSCCC(=O)O[C@]1(C(=O)COS(C)(=O)=O)[C@H](C)C[C@H]2[C@@H]3CCC4=CC(=O)C=C[C@]4(C)[C@@]3(F)[C@@H](O)C[C@@]21C. The van der Waals surface area contributed by atoms with E-state index in [0.717, 1.165) is 6.26 Å². The number of thioether (sulfide) groups is 1. The lowest BCUT2D eigenvalue weighted by Gasteiger charge is -2.62. The van der Waals surface area contributed by atoms with Crippen molar-refractivity contribution in [3.8, 4) is 0 Å². The minimum absolute atomic E-state index is 0.0423. The minimum atomic E-state index is -3.97. The fourth-order valence-corrected chi connectivity index (χ4v) is 8.77. The van der Waals surface area contributed by atoms with Crippen molar-refractivity contribution < 1.29 is 41.2 Å². The fraction of sp³-hybridized carbons (Fsp3) is 0.741. The van der Waals surface area contributed by atoms with E-state index in [1.54, 1.807) is 26.8 Å². The highest BCUT2D eigenvalue weighted by Gasteiger charge is 2.77. The Morgan fingerprint density at radius 1 is 1.26 bits per heavy atom. The topological polar surface area (TPSA) is 124 Å². The molecule has 0 radical (unpaired) electrons. The van der Waals surface area contributed by atoms with Crippen LogP contribution in [0.25, 0.3) is 0 Å². The van der Waals surface area contributed by atoms with E-state index in [9.17, 15) is 27.9 Å². The van der Waals surface area contributed by atoms with Crippen molar-refractivity contribution in [2.45, 2.75) is 70.2 Å². The highest BCUT2D eigenvalue weighted by molar-refractivity contribution is 7.98. The molecule has 4 rings (SSSR count). The van der Waals surface area contributed by atoms with Crippen molar-refractivity contribution in [3.63, 3.8) is 0 Å². The van der Waals surface area contributed by atoms with Gasteiger partial charge in [0.15, 0.2) is 17.1 Å². The maximum atomic E-state index is 17.4. The Bertz CT molecular complexity index is 1200. The summed E-state index contributed by atoms with van der Waals surface area (Å²) in [5, 5.41) is 11.6. The molecule has 8 nitrogen and oxygen atoms in total. The number of carbonyl (C=O) groups excluding carboxylic acids is 3. The summed E-state index contributed by atoms with van der Waals surface area (Å²) in [6.45, 7) is 4.39. The number of aliphatic hydroxyl groups is 1. The molecule has 11 heteroatoms. The van der Waals surface area contributed by atoms with Gasteiger partial charge in [0.05, 0.1) is 18.8 Å². The van der Waals surface area contributed by atoms with E-state index in [1.807, 2.05) is 6.26 Å². The van der Waals surface area contributed by atoms with Gasteiger partial charge in [-0.05, 0) is 56.9 Å². The Morgan fingerprint density at radius 2 is 1.95 bits per heavy atom. The Hall–Kier alpha value is -1.56. The minimum Gasteiger partial charge on any atom is -0.450 e. The summed E-state index contributed by atoms with van der Waals surface area (Å²) in [4.78, 5) is 38.9. The van der Waals surface area contributed by atoms with Gasteiger partial charge in [-0.3, -0.25) is 18.6 Å². The summed E-state index contributed by atoms with van der Waals surface area (Å²) in [5.41, 5.74) is -5.63. The molecule has 0 unspecified atom stereocenters.